The Labute approximate surface area is 237 Å². The Morgan fingerprint density at radius 3 is 2.25 bits per heavy atom. The Hall–Kier alpha value is -3.72. The zero-order valence-corrected chi connectivity index (χ0v) is 24.6. The monoisotopic (exact) mass is 567 g/mol. The molecule has 1 unspecified atom stereocenters. The average molecular weight is 568 g/mol. The third kappa shape index (κ3) is 7.47. The van der Waals surface area contributed by atoms with Crippen molar-refractivity contribution in [2.45, 2.75) is 64.9 Å². The van der Waals surface area contributed by atoms with Gasteiger partial charge in [-0.15, -0.1) is 0 Å². The van der Waals surface area contributed by atoms with E-state index in [1.807, 2.05) is 26.8 Å². The standard InChI is InChI=1S/C31H38FN3O4S/c1-6-7-18-33-31(37)25(5)34(20-26-10-8-9-11-28(26)32)30(36)21-35(29-19-23(3)12-15-24(29)4)40(38,39)27-16-13-22(2)14-17-27/h8-17,19,25H,6-7,18,20-21H2,1-5H3,(H,33,37). The molecule has 0 bridgehead atoms. The summed E-state index contributed by atoms with van der Waals surface area (Å²) in [6.45, 7) is 8.72. The van der Waals surface area contributed by atoms with Gasteiger partial charge in [0.2, 0.25) is 11.8 Å². The molecular formula is C31H38FN3O4S. The highest BCUT2D eigenvalue weighted by Gasteiger charge is 2.33. The zero-order valence-electron chi connectivity index (χ0n) is 23.8. The van der Waals surface area contributed by atoms with Crippen LogP contribution in [0.4, 0.5) is 10.1 Å². The first-order valence-corrected chi connectivity index (χ1v) is 14.9. The van der Waals surface area contributed by atoms with E-state index in [-0.39, 0.29) is 17.0 Å². The number of amides is 2. The van der Waals surface area contributed by atoms with Crippen LogP contribution in [0.25, 0.3) is 0 Å². The third-order valence-electron chi connectivity index (χ3n) is 6.82. The maximum absolute atomic E-state index is 14.6. The first-order valence-electron chi connectivity index (χ1n) is 13.4. The molecule has 0 fully saturated rings. The molecule has 2 amide bonds. The number of hydrogen-bond donors (Lipinski definition) is 1. The summed E-state index contributed by atoms with van der Waals surface area (Å²) < 4.78 is 43.7. The quantitative estimate of drug-likeness (QED) is 0.302. The minimum absolute atomic E-state index is 0.0396. The van der Waals surface area contributed by atoms with Crippen LogP contribution in [-0.4, -0.2) is 44.3 Å². The second-order valence-corrected chi connectivity index (χ2v) is 11.9. The molecule has 0 aliphatic rings. The molecule has 0 spiro atoms. The van der Waals surface area contributed by atoms with Gasteiger partial charge in [-0.05, 0) is 69.5 Å². The minimum Gasteiger partial charge on any atom is -0.354 e. The molecule has 1 atom stereocenters. The van der Waals surface area contributed by atoms with Gasteiger partial charge in [0, 0.05) is 18.7 Å². The van der Waals surface area contributed by atoms with Gasteiger partial charge in [0.15, 0.2) is 0 Å². The van der Waals surface area contributed by atoms with Crippen molar-refractivity contribution in [1.29, 1.82) is 0 Å². The van der Waals surface area contributed by atoms with Crippen molar-refractivity contribution >= 4 is 27.5 Å². The number of anilines is 1. The normalized spacial score (nSPS) is 12.1. The Morgan fingerprint density at radius 2 is 1.60 bits per heavy atom. The maximum atomic E-state index is 14.6. The summed E-state index contributed by atoms with van der Waals surface area (Å²) >= 11 is 0. The molecule has 0 saturated heterocycles. The fourth-order valence-corrected chi connectivity index (χ4v) is 5.74. The second-order valence-electron chi connectivity index (χ2n) is 10.0. The Bertz CT molecular complexity index is 1440. The summed E-state index contributed by atoms with van der Waals surface area (Å²) in [5.74, 6) is -1.53. The fraction of sp³-hybridized carbons (Fsp3) is 0.355. The Kier molecular flexibility index (Phi) is 10.5. The van der Waals surface area contributed by atoms with Crippen LogP contribution in [-0.2, 0) is 26.2 Å². The molecule has 40 heavy (non-hydrogen) atoms. The molecule has 0 saturated carbocycles. The number of halogens is 1. The lowest BCUT2D eigenvalue weighted by molar-refractivity contribution is -0.139. The molecule has 0 aromatic heterocycles. The zero-order chi connectivity index (χ0) is 29.4. The summed E-state index contributed by atoms with van der Waals surface area (Å²) in [6, 6.07) is 16.9. The second kappa shape index (κ2) is 13.6. The predicted molar refractivity (Wildman–Crippen MR) is 156 cm³/mol. The van der Waals surface area contributed by atoms with Crippen LogP contribution < -0.4 is 9.62 Å². The lowest BCUT2D eigenvalue weighted by atomic mass is 10.1. The molecule has 3 rings (SSSR count). The third-order valence-corrected chi connectivity index (χ3v) is 8.59. The average Bonchev–Trinajstić information content (AvgIpc) is 2.92. The number of carbonyl (C=O) groups excluding carboxylic acids is 2. The van der Waals surface area contributed by atoms with E-state index in [9.17, 15) is 22.4 Å². The van der Waals surface area contributed by atoms with Crippen molar-refractivity contribution in [2.24, 2.45) is 0 Å². The summed E-state index contributed by atoms with van der Waals surface area (Å²) in [7, 11) is -4.17. The van der Waals surface area contributed by atoms with E-state index in [4.69, 9.17) is 0 Å². The van der Waals surface area contributed by atoms with Crippen LogP contribution in [0.3, 0.4) is 0 Å². The number of nitrogens with zero attached hydrogens (tertiary/aromatic N) is 2. The molecule has 0 radical (unpaired) electrons. The van der Waals surface area contributed by atoms with Crippen LogP contribution in [0.2, 0.25) is 0 Å². The number of hydrogen-bond acceptors (Lipinski definition) is 4. The first-order chi connectivity index (χ1) is 18.9. The van der Waals surface area contributed by atoms with E-state index in [1.165, 1.54) is 23.1 Å². The Morgan fingerprint density at radius 1 is 0.950 bits per heavy atom. The number of carbonyl (C=O) groups is 2. The molecule has 3 aromatic rings. The predicted octanol–water partition coefficient (Wildman–Crippen LogP) is 5.28. The molecule has 0 heterocycles. The first kappa shape index (κ1) is 30.8. The van der Waals surface area contributed by atoms with Gasteiger partial charge in [0.05, 0.1) is 10.6 Å². The van der Waals surface area contributed by atoms with Crippen molar-refractivity contribution in [3.8, 4) is 0 Å². The van der Waals surface area contributed by atoms with Gasteiger partial charge >= 0.3 is 0 Å². The van der Waals surface area contributed by atoms with E-state index < -0.39 is 40.2 Å². The highest BCUT2D eigenvalue weighted by molar-refractivity contribution is 7.92. The van der Waals surface area contributed by atoms with Crippen LogP contribution in [0.1, 0.15) is 48.9 Å². The lowest BCUT2D eigenvalue weighted by Gasteiger charge is -2.32. The van der Waals surface area contributed by atoms with Gasteiger partial charge in [-0.1, -0.05) is 61.4 Å². The molecular weight excluding hydrogens is 529 g/mol. The molecule has 0 aliphatic carbocycles. The van der Waals surface area contributed by atoms with Crippen LogP contribution >= 0.6 is 0 Å². The van der Waals surface area contributed by atoms with Crippen molar-refractivity contribution in [1.82, 2.24) is 10.2 Å². The Balaban J connectivity index is 2.05. The smallest absolute Gasteiger partial charge is 0.264 e. The number of benzene rings is 3. The van der Waals surface area contributed by atoms with E-state index in [2.05, 4.69) is 5.32 Å². The topological polar surface area (TPSA) is 86.8 Å². The van der Waals surface area contributed by atoms with Gasteiger partial charge in [-0.25, -0.2) is 12.8 Å². The highest BCUT2D eigenvalue weighted by atomic mass is 32.2. The molecule has 214 valence electrons. The van der Waals surface area contributed by atoms with Crippen LogP contribution in [0.5, 0.6) is 0 Å². The van der Waals surface area contributed by atoms with E-state index in [0.717, 1.165) is 28.3 Å². The van der Waals surface area contributed by atoms with Crippen molar-refractivity contribution in [3.63, 3.8) is 0 Å². The van der Waals surface area contributed by atoms with Crippen molar-refractivity contribution in [3.05, 3.63) is 94.8 Å². The maximum Gasteiger partial charge on any atom is 0.264 e. The van der Waals surface area contributed by atoms with Gasteiger partial charge in [-0.2, -0.15) is 0 Å². The molecule has 1 N–H and O–H groups in total. The number of nitrogens with one attached hydrogen (secondary N) is 1. The summed E-state index contributed by atoms with van der Waals surface area (Å²) in [6.07, 6.45) is 1.66. The fourth-order valence-electron chi connectivity index (χ4n) is 4.27. The van der Waals surface area contributed by atoms with Gasteiger partial charge < -0.3 is 10.2 Å². The minimum atomic E-state index is -4.17. The van der Waals surface area contributed by atoms with Gasteiger partial charge in [0.1, 0.15) is 18.4 Å². The largest absolute Gasteiger partial charge is 0.354 e. The SMILES string of the molecule is CCCCNC(=O)C(C)N(Cc1ccccc1F)C(=O)CN(c1cc(C)ccc1C)S(=O)(=O)c1ccc(C)cc1. The number of aryl methyl sites for hydroxylation is 3. The highest BCUT2D eigenvalue weighted by Crippen LogP contribution is 2.29. The molecule has 0 aliphatic heterocycles. The van der Waals surface area contributed by atoms with Crippen LogP contribution in [0.15, 0.2) is 71.6 Å². The molecule has 9 heteroatoms. The van der Waals surface area contributed by atoms with E-state index in [1.54, 1.807) is 56.3 Å². The van der Waals surface area contributed by atoms with Gasteiger partial charge in [-0.3, -0.25) is 13.9 Å². The van der Waals surface area contributed by atoms with Crippen molar-refractivity contribution < 1.29 is 22.4 Å². The van der Waals surface area contributed by atoms with Crippen LogP contribution in [0, 0.1) is 26.6 Å². The number of unbranched alkanes of at least 4 members (excludes halogenated alkanes) is 1. The number of sulfonamides is 1. The summed E-state index contributed by atoms with van der Waals surface area (Å²) in [5, 5.41) is 2.82. The number of rotatable bonds is 12. The summed E-state index contributed by atoms with van der Waals surface area (Å²) in [4.78, 5) is 28.3. The van der Waals surface area contributed by atoms with Gasteiger partial charge in [0.25, 0.3) is 10.0 Å². The summed E-state index contributed by atoms with van der Waals surface area (Å²) in [5.41, 5.74) is 2.97. The van der Waals surface area contributed by atoms with E-state index >= 15 is 0 Å². The lowest BCUT2D eigenvalue weighted by Crippen LogP contribution is -2.51. The van der Waals surface area contributed by atoms with E-state index in [0.29, 0.717) is 17.8 Å². The van der Waals surface area contributed by atoms with Crippen molar-refractivity contribution in [2.75, 3.05) is 17.4 Å². The molecule has 7 nitrogen and oxygen atoms in total. The molecule has 3 aromatic carbocycles.